The molecule has 0 bridgehead atoms. The number of rotatable bonds is 1. The number of fused-ring (bicyclic) bond motifs is 1. The van der Waals surface area contributed by atoms with Gasteiger partial charge in [0, 0.05) is 24.0 Å². The smallest absolute Gasteiger partial charge is 0.0798 e. The van der Waals surface area contributed by atoms with E-state index < -0.39 is 0 Å². The third kappa shape index (κ3) is 1.39. The second-order valence-electron chi connectivity index (χ2n) is 3.54. The maximum atomic E-state index is 4.37. The molecule has 1 aromatic rings. The normalized spacial score (nSPS) is 18.2. The minimum absolute atomic E-state index is 0.653. The van der Waals surface area contributed by atoms with Crippen LogP contribution in [-0.4, -0.2) is 22.5 Å². The summed E-state index contributed by atoms with van der Waals surface area (Å²) < 4.78 is 0. The third-order valence-electron chi connectivity index (χ3n) is 2.43. The molecular weight excluding hydrogens is 168 g/mol. The molecule has 3 heteroatoms. The van der Waals surface area contributed by atoms with Crippen LogP contribution in [0, 0.1) is 0 Å². The Morgan fingerprint density at radius 2 is 2.42 bits per heavy atom. The van der Waals surface area contributed by atoms with Crippen molar-refractivity contribution in [2.24, 2.45) is 0 Å². The summed E-state index contributed by atoms with van der Waals surface area (Å²) in [5.74, 6) is 0. The van der Waals surface area contributed by atoms with Crippen molar-refractivity contribution in [3.8, 4) is 0 Å². The maximum absolute atomic E-state index is 4.37. The fraction of sp³-hybridized carbons (Fsp3) is 0.667. The van der Waals surface area contributed by atoms with Crippen LogP contribution in [0.4, 0.5) is 0 Å². The maximum Gasteiger partial charge on any atom is 0.0798 e. The fourth-order valence-corrected chi connectivity index (χ4v) is 2.35. The number of hydrogen-bond acceptors (Lipinski definition) is 3. The quantitative estimate of drug-likeness (QED) is 0.659. The predicted octanol–water partition coefficient (Wildman–Crippen LogP) is 1.91. The van der Waals surface area contributed by atoms with Crippen LogP contribution in [-0.2, 0) is 13.0 Å². The van der Waals surface area contributed by atoms with E-state index in [0.29, 0.717) is 6.04 Å². The summed E-state index contributed by atoms with van der Waals surface area (Å²) >= 11 is 1.80. The summed E-state index contributed by atoms with van der Waals surface area (Å²) in [7, 11) is 0. The van der Waals surface area contributed by atoms with Gasteiger partial charge in [-0.25, -0.2) is 4.98 Å². The highest BCUT2D eigenvalue weighted by Crippen LogP contribution is 2.22. The van der Waals surface area contributed by atoms with E-state index in [1.165, 1.54) is 23.5 Å². The van der Waals surface area contributed by atoms with Crippen molar-refractivity contribution in [3.05, 3.63) is 16.1 Å². The van der Waals surface area contributed by atoms with Crippen molar-refractivity contribution in [3.63, 3.8) is 0 Å². The first-order chi connectivity index (χ1) is 5.77. The zero-order valence-corrected chi connectivity index (χ0v) is 8.40. The molecule has 2 rings (SSSR count). The SMILES string of the molecule is CC(C)N1CCc2scnc2C1. The van der Waals surface area contributed by atoms with Gasteiger partial charge in [0.2, 0.25) is 0 Å². The molecule has 0 aromatic carbocycles. The minimum Gasteiger partial charge on any atom is -0.295 e. The van der Waals surface area contributed by atoms with E-state index in [1.54, 1.807) is 11.3 Å². The number of aromatic nitrogens is 1. The van der Waals surface area contributed by atoms with Crippen LogP contribution in [0.5, 0.6) is 0 Å². The van der Waals surface area contributed by atoms with Crippen LogP contribution in [0.15, 0.2) is 5.51 Å². The average Bonchev–Trinajstić information content (AvgIpc) is 2.49. The predicted molar refractivity (Wildman–Crippen MR) is 51.4 cm³/mol. The molecule has 66 valence electrons. The Bertz CT molecular complexity index is 267. The summed E-state index contributed by atoms with van der Waals surface area (Å²) in [6.07, 6.45) is 1.19. The lowest BCUT2D eigenvalue weighted by molar-refractivity contribution is 0.202. The molecule has 0 atom stereocenters. The molecule has 0 spiro atoms. The molecule has 2 nitrogen and oxygen atoms in total. The van der Waals surface area contributed by atoms with Crippen LogP contribution in [0.25, 0.3) is 0 Å². The molecule has 0 radical (unpaired) electrons. The third-order valence-corrected chi connectivity index (χ3v) is 3.37. The lowest BCUT2D eigenvalue weighted by atomic mass is 10.1. The summed E-state index contributed by atoms with van der Waals surface area (Å²) in [6.45, 7) is 6.75. The molecule has 1 aliphatic rings. The highest BCUT2D eigenvalue weighted by molar-refractivity contribution is 7.09. The highest BCUT2D eigenvalue weighted by Gasteiger charge is 2.19. The van der Waals surface area contributed by atoms with Crippen molar-refractivity contribution < 1.29 is 0 Å². The minimum atomic E-state index is 0.653. The van der Waals surface area contributed by atoms with Gasteiger partial charge in [-0.3, -0.25) is 4.90 Å². The second-order valence-corrected chi connectivity index (χ2v) is 4.48. The van der Waals surface area contributed by atoms with Crippen molar-refractivity contribution >= 4 is 11.3 Å². The highest BCUT2D eigenvalue weighted by atomic mass is 32.1. The molecule has 0 saturated carbocycles. The fourth-order valence-electron chi connectivity index (χ4n) is 1.58. The first-order valence-electron chi connectivity index (χ1n) is 4.42. The number of hydrogen-bond donors (Lipinski definition) is 0. The largest absolute Gasteiger partial charge is 0.295 e. The van der Waals surface area contributed by atoms with Crippen molar-refractivity contribution in [2.45, 2.75) is 32.9 Å². The van der Waals surface area contributed by atoms with Crippen LogP contribution >= 0.6 is 11.3 Å². The lowest BCUT2D eigenvalue weighted by Crippen LogP contribution is -2.35. The Labute approximate surface area is 77.2 Å². The van der Waals surface area contributed by atoms with E-state index in [-0.39, 0.29) is 0 Å². The molecular formula is C9H14N2S. The van der Waals surface area contributed by atoms with E-state index in [0.717, 1.165) is 6.54 Å². The summed E-state index contributed by atoms with van der Waals surface area (Å²) in [5, 5.41) is 0. The first kappa shape index (κ1) is 8.20. The average molecular weight is 182 g/mol. The first-order valence-corrected chi connectivity index (χ1v) is 5.30. The van der Waals surface area contributed by atoms with E-state index in [9.17, 15) is 0 Å². The van der Waals surface area contributed by atoms with Gasteiger partial charge < -0.3 is 0 Å². The zero-order chi connectivity index (χ0) is 8.55. The van der Waals surface area contributed by atoms with E-state index >= 15 is 0 Å². The zero-order valence-electron chi connectivity index (χ0n) is 7.58. The summed E-state index contributed by atoms with van der Waals surface area (Å²) in [6, 6.07) is 0.653. The van der Waals surface area contributed by atoms with Crippen molar-refractivity contribution in [1.29, 1.82) is 0 Å². The van der Waals surface area contributed by atoms with E-state index in [4.69, 9.17) is 0 Å². The van der Waals surface area contributed by atoms with Crippen LogP contribution < -0.4 is 0 Å². The standard InChI is InChI=1S/C9H14N2S/c1-7(2)11-4-3-9-8(5-11)10-6-12-9/h6-7H,3-5H2,1-2H3. The Hall–Kier alpha value is -0.410. The molecule has 0 saturated heterocycles. The molecule has 0 amide bonds. The molecule has 0 unspecified atom stereocenters. The lowest BCUT2D eigenvalue weighted by Gasteiger charge is -2.29. The van der Waals surface area contributed by atoms with Gasteiger partial charge in [-0.15, -0.1) is 11.3 Å². The summed E-state index contributed by atoms with van der Waals surface area (Å²) in [5.41, 5.74) is 3.27. The van der Waals surface area contributed by atoms with Gasteiger partial charge in [0.05, 0.1) is 11.2 Å². The monoisotopic (exact) mass is 182 g/mol. The summed E-state index contributed by atoms with van der Waals surface area (Å²) in [4.78, 5) is 8.33. The number of nitrogens with zero attached hydrogens (tertiary/aromatic N) is 2. The Balaban J connectivity index is 2.15. The Kier molecular flexibility index (Phi) is 2.15. The van der Waals surface area contributed by atoms with Crippen LogP contribution in [0.2, 0.25) is 0 Å². The van der Waals surface area contributed by atoms with Gasteiger partial charge in [-0.1, -0.05) is 0 Å². The second kappa shape index (κ2) is 3.15. The molecule has 1 aliphatic heterocycles. The van der Waals surface area contributed by atoms with Crippen LogP contribution in [0.3, 0.4) is 0 Å². The molecule has 1 aromatic heterocycles. The van der Waals surface area contributed by atoms with Gasteiger partial charge in [-0.2, -0.15) is 0 Å². The molecule has 0 fully saturated rings. The Morgan fingerprint density at radius 1 is 1.58 bits per heavy atom. The van der Waals surface area contributed by atoms with Gasteiger partial charge >= 0.3 is 0 Å². The molecule has 12 heavy (non-hydrogen) atoms. The van der Waals surface area contributed by atoms with Gasteiger partial charge in [0.1, 0.15) is 0 Å². The van der Waals surface area contributed by atoms with Crippen molar-refractivity contribution in [2.75, 3.05) is 6.54 Å². The molecule has 0 N–H and O–H groups in total. The van der Waals surface area contributed by atoms with E-state index in [2.05, 4.69) is 23.7 Å². The molecule has 0 aliphatic carbocycles. The molecule has 2 heterocycles. The van der Waals surface area contributed by atoms with Crippen molar-refractivity contribution in [1.82, 2.24) is 9.88 Å². The van der Waals surface area contributed by atoms with Crippen LogP contribution in [0.1, 0.15) is 24.4 Å². The number of thiazole rings is 1. The Morgan fingerprint density at radius 3 is 3.17 bits per heavy atom. The van der Waals surface area contributed by atoms with Gasteiger partial charge in [0.15, 0.2) is 0 Å². The van der Waals surface area contributed by atoms with Gasteiger partial charge in [0.25, 0.3) is 0 Å². The van der Waals surface area contributed by atoms with Gasteiger partial charge in [-0.05, 0) is 20.3 Å². The van der Waals surface area contributed by atoms with E-state index in [1.807, 2.05) is 5.51 Å². The topological polar surface area (TPSA) is 16.1 Å².